The van der Waals surface area contributed by atoms with E-state index in [4.69, 9.17) is 20.8 Å². The molecule has 166 valence electrons. The Morgan fingerprint density at radius 2 is 1.83 bits per heavy atom. The lowest BCUT2D eigenvalue weighted by molar-refractivity contribution is 0.0526. The van der Waals surface area contributed by atoms with Crippen LogP contribution >= 0.6 is 11.6 Å². The summed E-state index contributed by atoms with van der Waals surface area (Å²) in [7, 11) is -2.01. The minimum absolute atomic E-state index is 0.0539. The molecule has 0 aliphatic rings. The van der Waals surface area contributed by atoms with Gasteiger partial charge < -0.3 is 13.7 Å². The van der Waals surface area contributed by atoms with Gasteiger partial charge in [-0.05, 0) is 63.5 Å². The van der Waals surface area contributed by atoms with Crippen molar-refractivity contribution in [3.05, 3.63) is 34.3 Å². The molecule has 8 heteroatoms. The van der Waals surface area contributed by atoms with E-state index < -0.39 is 30.4 Å². The zero-order valence-electron chi connectivity index (χ0n) is 19.1. The third-order valence-electron chi connectivity index (χ3n) is 5.11. The number of ether oxygens (including phenoxy) is 1. The lowest BCUT2D eigenvalue weighted by Crippen LogP contribution is -2.46. The Kier molecular flexibility index (Phi) is 9.27. The van der Waals surface area contributed by atoms with Crippen LogP contribution in [0.2, 0.25) is 23.2 Å². The highest BCUT2D eigenvalue weighted by atomic mass is 35.5. The summed E-state index contributed by atoms with van der Waals surface area (Å²) in [6.45, 7) is 19.0. The normalized spacial score (nSPS) is 15.1. The van der Waals surface area contributed by atoms with Gasteiger partial charge in [0.25, 0.3) is 0 Å². The summed E-state index contributed by atoms with van der Waals surface area (Å²) in [6, 6.07) is 4.69. The molecule has 0 aromatic heterocycles. The van der Waals surface area contributed by atoms with Crippen LogP contribution in [0, 0.1) is 0 Å². The Balaban J connectivity index is 3.18. The van der Waals surface area contributed by atoms with Crippen molar-refractivity contribution in [2.75, 3.05) is 13.2 Å². The second-order valence-electron chi connectivity index (χ2n) is 9.58. The summed E-state index contributed by atoms with van der Waals surface area (Å²) >= 11 is 5.21. The van der Waals surface area contributed by atoms with E-state index >= 15 is 0 Å². The highest BCUT2D eigenvalue weighted by Gasteiger charge is 2.39. The van der Waals surface area contributed by atoms with E-state index in [0.717, 1.165) is 5.56 Å². The van der Waals surface area contributed by atoms with Crippen LogP contribution in [0.4, 0.5) is 0 Å². The molecule has 0 saturated carbocycles. The largest absolute Gasteiger partial charge is 0.598 e. The summed E-state index contributed by atoms with van der Waals surface area (Å²) < 4.78 is 27.0. The first kappa shape index (κ1) is 26.5. The average Bonchev–Trinajstić information content (AvgIpc) is 2.56. The summed E-state index contributed by atoms with van der Waals surface area (Å²) in [4.78, 5) is 12.0. The molecule has 0 aliphatic heterocycles. The number of rotatable bonds is 8. The monoisotopic (exact) mass is 461 g/mol. The van der Waals surface area contributed by atoms with E-state index in [0.29, 0.717) is 23.8 Å². The molecule has 0 bridgehead atoms. The summed E-state index contributed by atoms with van der Waals surface area (Å²) in [5.41, 5.74) is 1.14. The Bertz CT molecular complexity index is 701. The number of benzene rings is 1. The molecule has 1 aromatic carbocycles. The van der Waals surface area contributed by atoms with E-state index in [9.17, 15) is 9.35 Å². The number of halogens is 1. The number of hydrogen-bond donors (Lipinski definition) is 1. The predicted octanol–water partition coefficient (Wildman–Crippen LogP) is 5.63. The van der Waals surface area contributed by atoms with Crippen molar-refractivity contribution >= 4 is 37.2 Å². The van der Waals surface area contributed by atoms with Crippen molar-refractivity contribution in [3.63, 3.8) is 0 Å². The molecule has 0 aliphatic carbocycles. The molecule has 1 N–H and O–H groups in total. The van der Waals surface area contributed by atoms with Crippen LogP contribution in [0.15, 0.2) is 18.2 Å². The van der Waals surface area contributed by atoms with Gasteiger partial charge in [0.15, 0.2) is 8.32 Å². The molecule has 0 fully saturated rings. The first-order valence-electron chi connectivity index (χ1n) is 9.88. The summed E-state index contributed by atoms with van der Waals surface area (Å²) in [5.74, 6) is -0.416. The molecular weight excluding hydrogens is 426 g/mol. The third-order valence-corrected chi connectivity index (χ3v) is 11.5. The molecule has 0 saturated heterocycles. The van der Waals surface area contributed by atoms with E-state index in [2.05, 4.69) is 38.6 Å². The van der Waals surface area contributed by atoms with Gasteiger partial charge in [-0.3, -0.25) is 0 Å². The lowest BCUT2D eigenvalue weighted by atomic mass is 10.1. The molecule has 1 rings (SSSR count). The first-order valence-corrected chi connectivity index (χ1v) is 14.3. The number of nitrogens with one attached hydrogen (secondary N) is 1. The maximum absolute atomic E-state index is 12.8. The summed E-state index contributed by atoms with van der Waals surface area (Å²) in [6.07, 6.45) is 0. The highest BCUT2D eigenvalue weighted by molar-refractivity contribution is 7.90. The van der Waals surface area contributed by atoms with Crippen molar-refractivity contribution in [1.29, 1.82) is 0 Å². The van der Waals surface area contributed by atoms with Crippen LogP contribution in [0.1, 0.15) is 70.4 Å². The van der Waals surface area contributed by atoms with Crippen LogP contribution in [0.3, 0.4) is 0 Å². The van der Waals surface area contributed by atoms with Gasteiger partial charge in [0.1, 0.15) is 10.8 Å². The maximum atomic E-state index is 12.8. The molecule has 2 atom stereocenters. The maximum Gasteiger partial charge on any atom is 0.338 e. The van der Waals surface area contributed by atoms with Crippen molar-refractivity contribution in [2.45, 2.75) is 77.4 Å². The van der Waals surface area contributed by atoms with Crippen LogP contribution < -0.4 is 4.72 Å². The number of esters is 1. The van der Waals surface area contributed by atoms with E-state index in [-0.39, 0.29) is 11.1 Å². The zero-order chi connectivity index (χ0) is 22.6. The molecule has 0 radical (unpaired) electrons. The van der Waals surface area contributed by atoms with Gasteiger partial charge >= 0.3 is 5.97 Å². The molecule has 0 unspecified atom stereocenters. The molecule has 0 spiro atoms. The number of hydrogen-bond acceptors (Lipinski definition) is 5. The average molecular weight is 462 g/mol. The molecule has 0 amide bonds. The summed E-state index contributed by atoms with van der Waals surface area (Å²) in [5, 5.41) is 0.468. The standard InChI is InChI=1S/C21H36ClNO4SSi/c1-10-26-19(24)15-11-12-16(17(22)13-15)18(23-28(25)20(2,3)4)14-27-29(8,9)21(5,6)7/h11-13,18,23H,10,14H2,1-9H3/t18-,28+/m1/s1. The Morgan fingerprint density at radius 3 is 2.28 bits per heavy atom. The second-order valence-corrected chi connectivity index (χ2v) is 16.8. The zero-order valence-corrected chi connectivity index (χ0v) is 21.7. The van der Waals surface area contributed by atoms with Gasteiger partial charge in [-0.15, -0.1) is 4.72 Å². The molecule has 0 heterocycles. The fourth-order valence-corrected chi connectivity index (χ4v) is 4.29. The van der Waals surface area contributed by atoms with Gasteiger partial charge in [-0.25, -0.2) is 4.79 Å². The van der Waals surface area contributed by atoms with Gasteiger partial charge in [-0.1, -0.05) is 38.4 Å². The smallest absolute Gasteiger partial charge is 0.338 e. The fraction of sp³-hybridized carbons (Fsp3) is 0.667. The topological polar surface area (TPSA) is 70.6 Å². The van der Waals surface area contributed by atoms with Gasteiger partial charge in [0.05, 0.1) is 18.8 Å². The Hall–Kier alpha value is -0.573. The van der Waals surface area contributed by atoms with E-state index in [1.807, 2.05) is 20.8 Å². The van der Waals surface area contributed by atoms with Gasteiger partial charge in [-0.2, -0.15) is 0 Å². The van der Waals surface area contributed by atoms with Crippen molar-refractivity contribution < 1.29 is 18.5 Å². The Labute approximate surface area is 185 Å². The van der Waals surface area contributed by atoms with Crippen LogP contribution in [0.25, 0.3) is 0 Å². The van der Waals surface area contributed by atoms with Crippen LogP contribution in [0.5, 0.6) is 0 Å². The highest BCUT2D eigenvalue weighted by Crippen LogP contribution is 2.38. The minimum atomic E-state index is -2.01. The lowest BCUT2D eigenvalue weighted by Gasteiger charge is -2.38. The second kappa shape index (κ2) is 10.2. The van der Waals surface area contributed by atoms with Gasteiger partial charge in [0, 0.05) is 16.4 Å². The Morgan fingerprint density at radius 1 is 1.24 bits per heavy atom. The van der Waals surface area contributed by atoms with Crippen molar-refractivity contribution in [3.8, 4) is 0 Å². The van der Waals surface area contributed by atoms with Crippen LogP contribution in [-0.4, -0.2) is 36.8 Å². The fourth-order valence-electron chi connectivity index (χ4n) is 2.15. The van der Waals surface area contributed by atoms with Crippen LogP contribution in [-0.2, 0) is 20.5 Å². The minimum Gasteiger partial charge on any atom is -0.598 e. The van der Waals surface area contributed by atoms with Crippen molar-refractivity contribution in [1.82, 2.24) is 4.72 Å². The quantitative estimate of drug-likeness (QED) is 0.308. The first-order chi connectivity index (χ1) is 13.1. The molecule has 1 aromatic rings. The van der Waals surface area contributed by atoms with Crippen molar-refractivity contribution in [2.24, 2.45) is 0 Å². The van der Waals surface area contributed by atoms with E-state index in [1.54, 1.807) is 25.1 Å². The van der Waals surface area contributed by atoms with E-state index in [1.165, 1.54) is 0 Å². The number of carbonyl (C=O) groups is 1. The third kappa shape index (κ3) is 7.56. The molecule has 5 nitrogen and oxygen atoms in total. The predicted molar refractivity (Wildman–Crippen MR) is 124 cm³/mol. The number of carbonyl (C=O) groups excluding carboxylic acids is 1. The molecular formula is C21H36ClNO4SSi. The molecule has 29 heavy (non-hydrogen) atoms. The van der Waals surface area contributed by atoms with Gasteiger partial charge in [0.2, 0.25) is 0 Å². The SMILES string of the molecule is CCOC(=O)c1ccc([C@@H](CO[Si](C)(C)C(C)(C)C)N[S@@+]([O-])C(C)(C)C)c(Cl)c1.